The molecule has 20 heavy (non-hydrogen) atoms. The molecule has 0 fully saturated rings. The van der Waals surface area contributed by atoms with Gasteiger partial charge in [0.25, 0.3) is 0 Å². The van der Waals surface area contributed by atoms with E-state index < -0.39 is 5.54 Å². The zero-order chi connectivity index (χ0) is 15.3. The molecule has 1 rings (SSSR count). The number of nitrogens with one attached hydrogen (secondary N) is 1. The molecule has 0 aliphatic carbocycles. The second-order valence-electron chi connectivity index (χ2n) is 4.86. The highest BCUT2D eigenvalue weighted by Crippen LogP contribution is 2.33. The largest absolute Gasteiger partial charge is 0.337 e. The van der Waals surface area contributed by atoms with Crippen LogP contribution >= 0.6 is 35.0 Å². The standard InChI is InChI=1S/C14H16Cl2N2OS/c1-9(2)14(3,8-17)18-12(19)7-20-13-10(15)5-4-6-11(13)16/h4-6,9H,7H2,1-3H3,(H,18,19)/t14-/m0/s1. The number of benzene rings is 1. The number of carbonyl (C=O) groups is 1. The maximum Gasteiger partial charge on any atom is 0.231 e. The Balaban J connectivity index is 2.67. The summed E-state index contributed by atoms with van der Waals surface area (Å²) in [6.07, 6.45) is 0. The lowest BCUT2D eigenvalue weighted by Gasteiger charge is -2.27. The van der Waals surface area contributed by atoms with Crippen LogP contribution in [0.25, 0.3) is 0 Å². The van der Waals surface area contributed by atoms with Crippen LogP contribution in [-0.4, -0.2) is 17.2 Å². The first-order valence-corrected chi connectivity index (χ1v) is 7.83. The molecular formula is C14H16Cl2N2OS. The third-order valence-electron chi connectivity index (χ3n) is 3.05. The van der Waals surface area contributed by atoms with E-state index in [1.807, 2.05) is 13.8 Å². The number of carbonyl (C=O) groups excluding carboxylic acids is 1. The molecule has 0 saturated heterocycles. The van der Waals surface area contributed by atoms with E-state index in [0.717, 1.165) is 0 Å². The Hall–Kier alpha value is -0.890. The van der Waals surface area contributed by atoms with Crippen molar-refractivity contribution in [3.8, 4) is 6.07 Å². The third-order valence-corrected chi connectivity index (χ3v) is 5.04. The number of amides is 1. The Bertz CT molecular complexity index is 522. The number of rotatable bonds is 5. The van der Waals surface area contributed by atoms with Gasteiger partial charge in [-0.3, -0.25) is 4.79 Å². The summed E-state index contributed by atoms with van der Waals surface area (Å²) < 4.78 is 0. The van der Waals surface area contributed by atoms with Crippen LogP contribution in [0.1, 0.15) is 20.8 Å². The topological polar surface area (TPSA) is 52.9 Å². The number of halogens is 2. The fraction of sp³-hybridized carbons (Fsp3) is 0.429. The molecule has 1 aromatic carbocycles. The second kappa shape index (κ2) is 7.21. The van der Waals surface area contributed by atoms with Gasteiger partial charge in [-0.1, -0.05) is 43.1 Å². The molecule has 108 valence electrons. The first-order chi connectivity index (χ1) is 9.30. The molecule has 1 amide bonds. The molecule has 0 radical (unpaired) electrons. The fourth-order valence-electron chi connectivity index (χ4n) is 1.39. The van der Waals surface area contributed by atoms with Gasteiger partial charge < -0.3 is 5.32 Å². The molecule has 0 unspecified atom stereocenters. The van der Waals surface area contributed by atoms with Crippen molar-refractivity contribution >= 4 is 40.9 Å². The molecule has 0 spiro atoms. The van der Waals surface area contributed by atoms with Gasteiger partial charge in [0.1, 0.15) is 5.54 Å². The quantitative estimate of drug-likeness (QED) is 0.825. The van der Waals surface area contributed by atoms with E-state index in [-0.39, 0.29) is 17.6 Å². The molecule has 0 aromatic heterocycles. The minimum Gasteiger partial charge on any atom is -0.337 e. The van der Waals surface area contributed by atoms with Crippen molar-refractivity contribution in [2.75, 3.05) is 5.75 Å². The summed E-state index contributed by atoms with van der Waals surface area (Å²) in [5, 5.41) is 12.9. The summed E-state index contributed by atoms with van der Waals surface area (Å²) in [5.74, 6) is -0.0398. The fourth-order valence-corrected chi connectivity index (χ4v) is 2.87. The minimum absolute atomic E-state index is 0.0188. The van der Waals surface area contributed by atoms with Crippen LogP contribution in [-0.2, 0) is 4.79 Å². The molecule has 0 aliphatic rings. The van der Waals surface area contributed by atoms with Gasteiger partial charge in [-0.05, 0) is 25.0 Å². The molecule has 0 saturated carbocycles. The van der Waals surface area contributed by atoms with Crippen LogP contribution in [0.2, 0.25) is 10.0 Å². The van der Waals surface area contributed by atoms with Crippen molar-refractivity contribution in [1.29, 1.82) is 5.26 Å². The monoisotopic (exact) mass is 330 g/mol. The van der Waals surface area contributed by atoms with Crippen LogP contribution in [0.15, 0.2) is 23.1 Å². The second-order valence-corrected chi connectivity index (χ2v) is 6.66. The molecular weight excluding hydrogens is 315 g/mol. The summed E-state index contributed by atoms with van der Waals surface area (Å²) in [6.45, 7) is 5.49. The van der Waals surface area contributed by atoms with Gasteiger partial charge in [0.15, 0.2) is 0 Å². The Morgan fingerprint density at radius 3 is 2.45 bits per heavy atom. The highest BCUT2D eigenvalue weighted by Gasteiger charge is 2.29. The molecule has 1 aromatic rings. The molecule has 3 nitrogen and oxygen atoms in total. The average Bonchev–Trinajstić information content (AvgIpc) is 2.37. The van der Waals surface area contributed by atoms with Crippen LogP contribution in [0, 0.1) is 17.2 Å². The van der Waals surface area contributed by atoms with Crippen molar-refractivity contribution in [3.63, 3.8) is 0 Å². The van der Waals surface area contributed by atoms with Gasteiger partial charge in [0.05, 0.1) is 21.9 Å². The smallest absolute Gasteiger partial charge is 0.231 e. The average molecular weight is 331 g/mol. The lowest BCUT2D eigenvalue weighted by atomic mass is 9.90. The highest BCUT2D eigenvalue weighted by molar-refractivity contribution is 8.00. The molecule has 0 bridgehead atoms. The SMILES string of the molecule is CC(C)[C@](C)(C#N)NC(=O)CSc1c(Cl)cccc1Cl. The van der Waals surface area contributed by atoms with Crippen molar-refractivity contribution in [2.45, 2.75) is 31.2 Å². The Morgan fingerprint density at radius 2 is 2.00 bits per heavy atom. The summed E-state index contributed by atoms with van der Waals surface area (Å²) in [4.78, 5) is 12.6. The Morgan fingerprint density at radius 1 is 1.45 bits per heavy atom. The van der Waals surface area contributed by atoms with Crippen LogP contribution in [0.3, 0.4) is 0 Å². The number of hydrogen-bond donors (Lipinski definition) is 1. The van der Waals surface area contributed by atoms with E-state index in [2.05, 4.69) is 11.4 Å². The summed E-state index contributed by atoms with van der Waals surface area (Å²) in [6, 6.07) is 7.33. The van der Waals surface area contributed by atoms with Gasteiger partial charge in [0.2, 0.25) is 5.91 Å². The Kier molecular flexibility index (Phi) is 6.19. The summed E-state index contributed by atoms with van der Waals surface area (Å²) in [5.41, 5.74) is -0.873. The molecule has 1 atom stereocenters. The third kappa shape index (κ3) is 4.31. The van der Waals surface area contributed by atoms with Gasteiger partial charge in [-0.2, -0.15) is 5.26 Å². The summed E-state index contributed by atoms with van der Waals surface area (Å²) in [7, 11) is 0. The van der Waals surface area contributed by atoms with Crippen molar-refractivity contribution in [2.24, 2.45) is 5.92 Å². The van der Waals surface area contributed by atoms with Crippen LogP contribution in [0.4, 0.5) is 0 Å². The zero-order valence-electron chi connectivity index (χ0n) is 11.5. The van der Waals surface area contributed by atoms with E-state index >= 15 is 0 Å². The van der Waals surface area contributed by atoms with E-state index in [9.17, 15) is 4.79 Å². The maximum absolute atomic E-state index is 11.9. The van der Waals surface area contributed by atoms with Gasteiger partial charge in [0, 0.05) is 4.90 Å². The van der Waals surface area contributed by atoms with Gasteiger partial charge in [-0.25, -0.2) is 0 Å². The highest BCUT2D eigenvalue weighted by atomic mass is 35.5. The van der Waals surface area contributed by atoms with Crippen molar-refractivity contribution in [3.05, 3.63) is 28.2 Å². The number of nitrogens with zero attached hydrogens (tertiary/aromatic N) is 1. The summed E-state index contributed by atoms with van der Waals surface area (Å²) >= 11 is 13.3. The van der Waals surface area contributed by atoms with E-state index in [4.69, 9.17) is 28.5 Å². The zero-order valence-corrected chi connectivity index (χ0v) is 13.9. The molecule has 6 heteroatoms. The first-order valence-electron chi connectivity index (χ1n) is 6.09. The van der Waals surface area contributed by atoms with Crippen molar-refractivity contribution in [1.82, 2.24) is 5.32 Å². The number of nitriles is 1. The molecule has 0 heterocycles. The molecule has 1 N–H and O–H groups in total. The predicted octanol–water partition coefficient (Wildman–Crippen LogP) is 4.14. The van der Waals surface area contributed by atoms with Crippen molar-refractivity contribution < 1.29 is 4.79 Å². The molecule has 0 aliphatic heterocycles. The normalized spacial score (nSPS) is 13.7. The van der Waals surface area contributed by atoms with E-state index in [1.54, 1.807) is 25.1 Å². The van der Waals surface area contributed by atoms with Crippen LogP contribution in [0.5, 0.6) is 0 Å². The number of hydrogen-bond acceptors (Lipinski definition) is 3. The number of thioether (sulfide) groups is 1. The maximum atomic E-state index is 11.9. The lowest BCUT2D eigenvalue weighted by molar-refractivity contribution is -0.120. The predicted molar refractivity (Wildman–Crippen MR) is 84.2 cm³/mol. The van der Waals surface area contributed by atoms with Gasteiger partial charge >= 0.3 is 0 Å². The first kappa shape index (κ1) is 17.2. The van der Waals surface area contributed by atoms with Gasteiger partial charge in [-0.15, -0.1) is 11.8 Å². The Labute approximate surface area is 133 Å². The van der Waals surface area contributed by atoms with E-state index in [0.29, 0.717) is 14.9 Å². The van der Waals surface area contributed by atoms with Crippen LogP contribution < -0.4 is 5.32 Å². The minimum atomic E-state index is -0.873. The van der Waals surface area contributed by atoms with E-state index in [1.165, 1.54) is 11.8 Å². The lowest BCUT2D eigenvalue weighted by Crippen LogP contribution is -2.49.